The molecule has 124 valence electrons. The predicted molar refractivity (Wildman–Crippen MR) is 82.2 cm³/mol. The number of hydrogen-bond donors (Lipinski definition) is 0. The maximum absolute atomic E-state index is 12.3. The van der Waals surface area contributed by atoms with Gasteiger partial charge in [-0.15, -0.1) is 0 Å². The molecule has 2 aromatic rings. The molecule has 3 rings (SSSR count). The zero-order chi connectivity index (χ0) is 16.6. The summed E-state index contributed by atoms with van der Waals surface area (Å²) in [7, 11) is 3.00. The minimum atomic E-state index is -0.419. The highest BCUT2D eigenvalue weighted by Gasteiger charge is 2.18. The molecule has 1 aliphatic heterocycles. The topological polar surface area (TPSA) is 91.4 Å². The Morgan fingerprint density at radius 1 is 1.22 bits per heavy atom. The van der Waals surface area contributed by atoms with E-state index in [-0.39, 0.29) is 12.3 Å². The number of aromatic nitrogens is 4. The van der Waals surface area contributed by atoms with Crippen LogP contribution in [0.25, 0.3) is 11.2 Å². The molecule has 9 nitrogen and oxygen atoms in total. The predicted octanol–water partition coefficient (Wildman–Crippen LogP) is -1.32. The Bertz CT molecular complexity index is 856. The van der Waals surface area contributed by atoms with E-state index in [2.05, 4.69) is 4.98 Å². The van der Waals surface area contributed by atoms with Crippen LogP contribution in [0.5, 0.6) is 0 Å². The summed E-state index contributed by atoms with van der Waals surface area (Å²) in [6.07, 6.45) is 1.77. The molecule has 0 aromatic carbocycles. The third-order valence-corrected chi connectivity index (χ3v) is 4.15. The number of ether oxygens (including phenoxy) is 1. The fraction of sp³-hybridized carbons (Fsp3) is 0.571. The zero-order valence-corrected chi connectivity index (χ0v) is 13.2. The van der Waals surface area contributed by atoms with Gasteiger partial charge < -0.3 is 14.2 Å². The Hall–Kier alpha value is -2.42. The van der Waals surface area contributed by atoms with Crippen molar-refractivity contribution in [2.75, 3.05) is 26.3 Å². The number of aryl methyl sites for hydroxylation is 2. The number of fused-ring (bicyclic) bond motifs is 1. The van der Waals surface area contributed by atoms with Crippen molar-refractivity contribution in [1.82, 2.24) is 23.6 Å². The van der Waals surface area contributed by atoms with E-state index in [1.807, 2.05) is 0 Å². The highest BCUT2D eigenvalue weighted by atomic mass is 16.5. The molecule has 0 spiro atoms. The quantitative estimate of drug-likeness (QED) is 0.699. The van der Waals surface area contributed by atoms with Crippen molar-refractivity contribution in [1.29, 1.82) is 0 Å². The lowest BCUT2D eigenvalue weighted by Crippen LogP contribution is -2.41. The smallest absolute Gasteiger partial charge is 0.332 e. The third-order valence-electron chi connectivity index (χ3n) is 4.15. The largest absolute Gasteiger partial charge is 0.378 e. The molecule has 0 atom stereocenters. The van der Waals surface area contributed by atoms with Gasteiger partial charge in [0, 0.05) is 40.2 Å². The molecule has 2 aromatic heterocycles. The van der Waals surface area contributed by atoms with Crippen molar-refractivity contribution in [3.05, 3.63) is 27.2 Å². The van der Waals surface area contributed by atoms with Crippen molar-refractivity contribution in [3.8, 4) is 0 Å². The number of carbonyl (C=O) groups is 1. The molecule has 3 heterocycles. The second-order valence-electron chi connectivity index (χ2n) is 5.56. The molecule has 1 aliphatic rings. The SMILES string of the molecule is Cn1c(=O)c2c(ncn2CCC(=O)N2CCOCC2)n(C)c1=O. The van der Waals surface area contributed by atoms with Crippen molar-refractivity contribution in [3.63, 3.8) is 0 Å². The molecule has 0 aliphatic carbocycles. The molecule has 1 saturated heterocycles. The van der Waals surface area contributed by atoms with Gasteiger partial charge >= 0.3 is 5.69 Å². The fourth-order valence-corrected chi connectivity index (χ4v) is 2.75. The lowest BCUT2D eigenvalue weighted by molar-refractivity contribution is -0.135. The molecule has 0 saturated carbocycles. The van der Waals surface area contributed by atoms with Gasteiger partial charge in [-0.3, -0.25) is 18.7 Å². The van der Waals surface area contributed by atoms with Crippen LogP contribution in [0.4, 0.5) is 0 Å². The molecule has 23 heavy (non-hydrogen) atoms. The first kappa shape index (κ1) is 15.5. The standard InChI is InChI=1S/C14H19N5O4/c1-16-12-11(13(21)17(2)14(16)22)19(9-15-12)4-3-10(20)18-5-7-23-8-6-18/h9H,3-8H2,1-2H3. The van der Waals surface area contributed by atoms with Crippen LogP contribution in [-0.4, -0.2) is 55.8 Å². The van der Waals surface area contributed by atoms with Crippen LogP contribution in [0.1, 0.15) is 6.42 Å². The molecule has 0 radical (unpaired) electrons. The lowest BCUT2D eigenvalue weighted by Gasteiger charge is -2.26. The molecule has 0 N–H and O–H groups in total. The van der Waals surface area contributed by atoms with Crippen molar-refractivity contribution in [2.24, 2.45) is 14.1 Å². The maximum Gasteiger partial charge on any atom is 0.332 e. The second kappa shape index (κ2) is 5.99. The Labute approximate surface area is 131 Å². The van der Waals surface area contributed by atoms with Crippen molar-refractivity contribution < 1.29 is 9.53 Å². The number of carbonyl (C=O) groups excluding carboxylic acids is 1. The first-order valence-corrected chi connectivity index (χ1v) is 7.47. The lowest BCUT2D eigenvalue weighted by atomic mass is 10.3. The Morgan fingerprint density at radius 2 is 1.91 bits per heavy atom. The second-order valence-corrected chi connectivity index (χ2v) is 5.56. The van der Waals surface area contributed by atoms with Gasteiger partial charge in [0.25, 0.3) is 5.56 Å². The summed E-state index contributed by atoms with van der Waals surface area (Å²) >= 11 is 0. The average Bonchev–Trinajstić information content (AvgIpc) is 3.00. The first-order chi connectivity index (χ1) is 11.0. The van der Waals surface area contributed by atoms with Gasteiger partial charge in [0.05, 0.1) is 19.5 Å². The Balaban J connectivity index is 1.85. The van der Waals surface area contributed by atoms with Gasteiger partial charge in [-0.05, 0) is 0 Å². The Kier molecular flexibility index (Phi) is 4.03. The monoisotopic (exact) mass is 321 g/mol. The number of imidazole rings is 1. The maximum atomic E-state index is 12.3. The van der Waals surface area contributed by atoms with Crippen LogP contribution in [0.2, 0.25) is 0 Å². The summed E-state index contributed by atoms with van der Waals surface area (Å²) in [5.74, 6) is 0.0248. The molecule has 0 unspecified atom stereocenters. The molecular formula is C14H19N5O4. The number of nitrogens with zero attached hydrogens (tertiary/aromatic N) is 5. The highest BCUT2D eigenvalue weighted by Crippen LogP contribution is 2.08. The number of hydrogen-bond acceptors (Lipinski definition) is 5. The summed E-state index contributed by atoms with van der Waals surface area (Å²) in [6.45, 7) is 2.66. The third kappa shape index (κ3) is 2.67. The number of rotatable bonds is 3. The summed E-state index contributed by atoms with van der Waals surface area (Å²) < 4.78 is 9.24. The first-order valence-electron chi connectivity index (χ1n) is 7.47. The summed E-state index contributed by atoms with van der Waals surface area (Å²) in [5, 5.41) is 0. The summed E-state index contributed by atoms with van der Waals surface area (Å²) in [6, 6.07) is 0. The highest BCUT2D eigenvalue weighted by molar-refractivity contribution is 5.76. The van der Waals surface area contributed by atoms with Gasteiger partial charge in [0.2, 0.25) is 5.91 Å². The van der Waals surface area contributed by atoms with Crippen LogP contribution >= 0.6 is 0 Å². The number of amides is 1. The van der Waals surface area contributed by atoms with E-state index in [9.17, 15) is 14.4 Å². The zero-order valence-electron chi connectivity index (χ0n) is 13.2. The van der Waals surface area contributed by atoms with E-state index >= 15 is 0 Å². The van der Waals surface area contributed by atoms with Crippen molar-refractivity contribution >= 4 is 17.1 Å². The Morgan fingerprint density at radius 3 is 2.61 bits per heavy atom. The molecule has 1 amide bonds. The van der Waals surface area contributed by atoms with Gasteiger partial charge in [0.1, 0.15) is 0 Å². The summed E-state index contributed by atoms with van der Waals surface area (Å²) in [5.41, 5.74) is -0.155. The molecule has 9 heteroatoms. The van der Waals surface area contributed by atoms with Crippen LogP contribution in [0.3, 0.4) is 0 Å². The minimum absolute atomic E-state index is 0.0248. The summed E-state index contributed by atoms with van der Waals surface area (Å²) in [4.78, 5) is 42.3. The molecular weight excluding hydrogens is 302 g/mol. The van der Waals surface area contributed by atoms with E-state index in [1.54, 1.807) is 16.5 Å². The average molecular weight is 321 g/mol. The van der Waals surface area contributed by atoms with Gasteiger partial charge in [-0.1, -0.05) is 0 Å². The van der Waals surface area contributed by atoms with E-state index in [1.165, 1.54) is 17.9 Å². The normalized spacial score (nSPS) is 15.3. The van der Waals surface area contributed by atoms with E-state index < -0.39 is 11.2 Å². The number of morpholine rings is 1. The van der Waals surface area contributed by atoms with E-state index in [4.69, 9.17) is 4.74 Å². The van der Waals surface area contributed by atoms with E-state index in [0.29, 0.717) is 44.0 Å². The van der Waals surface area contributed by atoms with E-state index in [0.717, 1.165) is 4.57 Å². The van der Waals surface area contributed by atoms with Crippen molar-refractivity contribution in [2.45, 2.75) is 13.0 Å². The van der Waals surface area contributed by atoms with Gasteiger partial charge in [-0.2, -0.15) is 0 Å². The fourth-order valence-electron chi connectivity index (χ4n) is 2.75. The van der Waals surface area contributed by atoms with Crippen LogP contribution in [-0.2, 0) is 30.2 Å². The van der Waals surface area contributed by atoms with Crippen LogP contribution in [0.15, 0.2) is 15.9 Å². The molecule has 1 fully saturated rings. The van der Waals surface area contributed by atoms with Crippen LogP contribution < -0.4 is 11.2 Å². The van der Waals surface area contributed by atoms with Gasteiger partial charge in [0.15, 0.2) is 11.2 Å². The van der Waals surface area contributed by atoms with Gasteiger partial charge in [-0.25, -0.2) is 9.78 Å². The minimum Gasteiger partial charge on any atom is -0.378 e. The van der Waals surface area contributed by atoms with Crippen LogP contribution in [0, 0.1) is 0 Å². The molecule has 0 bridgehead atoms.